The van der Waals surface area contributed by atoms with Crippen LogP contribution in [0.4, 0.5) is 0 Å². The Labute approximate surface area is 76.8 Å². The second-order valence-electron chi connectivity index (χ2n) is 3.18. The lowest BCUT2D eigenvalue weighted by atomic mass is 10.1. The van der Waals surface area contributed by atoms with Crippen molar-refractivity contribution >= 4 is 0 Å². The first-order valence-electron chi connectivity index (χ1n) is 4.19. The predicted octanol–water partition coefficient (Wildman–Crippen LogP) is 2.09. The van der Waals surface area contributed by atoms with E-state index in [1.54, 1.807) is 0 Å². The molecule has 0 amide bonds. The number of aromatic amines is 1. The Morgan fingerprint density at radius 2 is 2.00 bits per heavy atom. The number of hydrogen-bond donors (Lipinski definition) is 1. The van der Waals surface area contributed by atoms with Crippen LogP contribution in [0.3, 0.4) is 0 Å². The highest BCUT2D eigenvalue weighted by atomic mass is 15.1. The fourth-order valence-corrected chi connectivity index (χ4v) is 1.33. The SMILES string of the molecule is Cc1cncc(-c2[nH]ncc2C)c1. The van der Waals surface area contributed by atoms with Gasteiger partial charge in [0.15, 0.2) is 0 Å². The average Bonchev–Trinajstić information content (AvgIpc) is 2.51. The molecule has 0 spiro atoms. The molecule has 0 unspecified atom stereocenters. The third kappa shape index (κ3) is 1.45. The molecule has 0 bridgehead atoms. The fourth-order valence-electron chi connectivity index (χ4n) is 1.33. The lowest BCUT2D eigenvalue weighted by Crippen LogP contribution is -1.84. The zero-order valence-electron chi connectivity index (χ0n) is 7.70. The molecule has 0 aromatic carbocycles. The summed E-state index contributed by atoms with van der Waals surface area (Å²) in [5.74, 6) is 0. The van der Waals surface area contributed by atoms with E-state index in [9.17, 15) is 0 Å². The van der Waals surface area contributed by atoms with Gasteiger partial charge >= 0.3 is 0 Å². The fraction of sp³-hybridized carbons (Fsp3) is 0.200. The third-order valence-corrected chi connectivity index (χ3v) is 1.99. The van der Waals surface area contributed by atoms with Crippen molar-refractivity contribution in [1.82, 2.24) is 15.2 Å². The van der Waals surface area contributed by atoms with Crippen molar-refractivity contribution in [2.24, 2.45) is 0 Å². The van der Waals surface area contributed by atoms with E-state index < -0.39 is 0 Å². The number of aromatic nitrogens is 3. The number of pyridine rings is 1. The highest BCUT2D eigenvalue weighted by molar-refractivity contribution is 5.61. The predicted molar refractivity (Wildman–Crippen MR) is 51.3 cm³/mol. The number of hydrogen-bond acceptors (Lipinski definition) is 2. The Morgan fingerprint density at radius 1 is 1.15 bits per heavy atom. The molecule has 0 radical (unpaired) electrons. The minimum Gasteiger partial charge on any atom is -0.278 e. The van der Waals surface area contributed by atoms with Gasteiger partial charge in [-0.25, -0.2) is 0 Å². The Morgan fingerprint density at radius 3 is 2.62 bits per heavy atom. The molecule has 0 saturated carbocycles. The van der Waals surface area contributed by atoms with Crippen molar-refractivity contribution < 1.29 is 0 Å². The molecule has 2 aromatic rings. The summed E-state index contributed by atoms with van der Waals surface area (Å²) in [6, 6.07) is 2.09. The van der Waals surface area contributed by atoms with Crippen LogP contribution in [-0.4, -0.2) is 15.2 Å². The summed E-state index contributed by atoms with van der Waals surface area (Å²) in [5.41, 5.74) is 4.45. The minimum absolute atomic E-state index is 1.05. The summed E-state index contributed by atoms with van der Waals surface area (Å²) in [4.78, 5) is 4.13. The molecule has 13 heavy (non-hydrogen) atoms. The molecule has 2 heterocycles. The highest BCUT2D eigenvalue weighted by Crippen LogP contribution is 2.19. The lowest BCUT2D eigenvalue weighted by Gasteiger charge is -1.99. The van der Waals surface area contributed by atoms with Crippen LogP contribution in [0.5, 0.6) is 0 Å². The summed E-state index contributed by atoms with van der Waals surface area (Å²) in [7, 11) is 0. The number of rotatable bonds is 1. The van der Waals surface area contributed by atoms with Crippen LogP contribution in [-0.2, 0) is 0 Å². The van der Waals surface area contributed by atoms with Gasteiger partial charge in [0.1, 0.15) is 0 Å². The molecule has 0 atom stereocenters. The van der Waals surface area contributed by atoms with Crippen LogP contribution in [0.25, 0.3) is 11.3 Å². The second kappa shape index (κ2) is 3.01. The topological polar surface area (TPSA) is 41.6 Å². The second-order valence-corrected chi connectivity index (χ2v) is 3.18. The molecule has 3 nitrogen and oxygen atoms in total. The van der Waals surface area contributed by atoms with Gasteiger partial charge in [-0.15, -0.1) is 0 Å². The van der Waals surface area contributed by atoms with Crippen LogP contribution >= 0.6 is 0 Å². The summed E-state index contributed by atoms with van der Waals surface area (Å²) in [6.45, 7) is 4.06. The molecule has 0 fully saturated rings. The number of aryl methyl sites for hydroxylation is 2. The number of nitrogens with zero attached hydrogens (tertiary/aromatic N) is 2. The van der Waals surface area contributed by atoms with Crippen LogP contribution in [0.2, 0.25) is 0 Å². The third-order valence-electron chi connectivity index (χ3n) is 1.99. The van der Waals surface area contributed by atoms with Crippen LogP contribution < -0.4 is 0 Å². The van der Waals surface area contributed by atoms with Crippen molar-refractivity contribution in [2.75, 3.05) is 0 Å². The Kier molecular flexibility index (Phi) is 1.85. The van der Waals surface area contributed by atoms with E-state index in [0.29, 0.717) is 0 Å². The van der Waals surface area contributed by atoms with Gasteiger partial charge in [0.05, 0.1) is 11.9 Å². The van der Waals surface area contributed by atoms with Gasteiger partial charge in [0.25, 0.3) is 0 Å². The quantitative estimate of drug-likeness (QED) is 0.717. The van der Waals surface area contributed by atoms with Crippen molar-refractivity contribution in [3.8, 4) is 11.3 Å². The summed E-state index contributed by atoms with van der Waals surface area (Å²) in [5, 5.41) is 6.93. The Balaban J connectivity index is 2.53. The molecule has 0 saturated heterocycles. The molecular weight excluding hydrogens is 162 g/mol. The van der Waals surface area contributed by atoms with Crippen molar-refractivity contribution in [2.45, 2.75) is 13.8 Å². The lowest BCUT2D eigenvalue weighted by molar-refractivity contribution is 1.09. The van der Waals surface area contributed by atoms with E-state index in [1.165, 1.54) is 0 Å². The molecule has 1 N–H and O–H groups in total. The van der Waals surface area contributed by atoms with E-state index in [1.807, 2.05) is 32.4 Å². The minimum atomic E-state index is 1.05. The molecule has 2 aromatic heterocycles. The Bertz CT molecular complexity index is 418. The maximum atomic E-state index is 4.13. The van der Waals surface area contributed by atoms with Gasteiger partial charge in [-0.2, -0.15) is 5.10 Å². The highest BCUT2D eigenvalue weighted by Gasteiger charge is 2.03. The van der Waals surface area contributed by atoms with Gasteiger partial charge in [-0.05, 0) is 31.0 Å². The van der Waals surface area contributed by atoms with Crippen molar-refractivity contribution in [3.63, 3.8) is 0 Å². The van der Waals surface area contributed by atoms with E-state index >= 15 is 0 Å². The van der Waals surface area contributed by atoms with Crippen LogP contribution in [0.15, 0.2) is 24.7 Å². The summed E-state index contributed by atoms with van der Waals surface area (Å²) >= 11 is 0. The molecule has 0 aliphatic carbocycles. The maximum Gasteiger partial charge on any atom is 0.0694 e. The van der Waals surface area contributed by atoms with Crippen LogP contribution in [0, 0.1) is 13.8 Å². The smallest absolute Gasteiger partial charge is 0.0694 e. The molecule has 0 aliphatic heterocycles. The zero-order chi connectivity index (χ0) is 9.26. The van der Waals surface area contributed by atoms with E-state index in [2.05, 4.69) is 21.2 Å². The average molecular weight is 173 g/mol. The standard InChI is InChI=1S/C10H11N3/c1-7-3-9(6-11-4-7)10-8(2)5-12-13-10/h3-6H,1-2H3,(H,12,13). The largest absolute Gasteiger partial charge is 0.278 e. The molecular formula is C10H11N3. The van der Waals surface area contributed by atoms with Gasteiger partial charge in [0.2, 0.25) is 0 Å². The Hall–Kier alpha value is -1.64. The first-order chi connectivity index (χ1) is 6.27. The van der Waals surface area contributed by atoms with Gasteiger partial charge < -0.3 is 0 Å². The van der Waals surface area contributed by atoms with Crippen molar-refractivity contribution in [1.29, 1.82) is 0 Å². The summed E-state index contributed by atoms with van der Waals surface area (Å²) in [6.07, 6.45) is 5.50. The normalized spacial score (nSPS) is 10.3. The zero-order valence-corrected chi connectivity index (χ0v) is 7.70. The molecule has 2 rings (SSSR count). The molecule has 3 heteroatoms. The van der Waals surface area contributed by atoms with Gasteiger partial charge in [0, 0.05) is 18.0 Å². The van der Waals surface area contributed by atoms with Crippen molar-refractivity contribution in [3.05, 3.63) is 35.8 Å². The number of H-pyrrole nitrogens is 1. The van der Waals surface area contributed by atoms with E-state index in [0.717, 1.165) is 22.4 Å². The first-order valence-corrected chi connectivity index (χ1v) is 4.19. The molecule has 66 valence electrons. The molecule has 0 aliphatic rings. The maximum absolute atomic E-state index is 4.13. The number of nitrogens with one attached hydrogen (secondary N) is 1. The van der Waals surface area contributed by atoms with Crippen LogP contribution in [0.1, 0.15) is 11.1 Å². The van der Waals surface area contributed by atoms with E-state index in [-0.39, 0.29) is 0 Å². The van der Waals surface area contributed by atoms with E-state index in [4.69, 9.17) is 0 Å². The van der Waals surface area contributed by atoms with Gasteiger partial charge in [-0.1, -0.05) is 0 Å². The monoisotopic (exact) mass is 173 g/mol. The first kappa shape index (κ1) is 7.98. The van der Waals surface area contributed by atoms with Gasteiger partial charge in [-0.3, -0.25) is 10.1 Å². The summed E-state index contributed by atoms with van der Waals surface area (Å²) < 4.78 is 0.